The number of rotatable bonds is 11. The molecule has 0 bridgehead atoms. The van der Waals surface area contributed by atoms with Crippen LogP contribution in [0.15, 0.2) is 30.5 Å². The van der Waals surface area contributed by atoms with E-state index in [0.717, 1.165) is 44.0 Å². The van der Waals surface area contributed by atoms with E-state index >= 15 is 0 Å². The van der Waals surface area contributed by atoms with Crippen molar-refractivity contribution in [3.05, 3.63) is 36.0 Å². The van der Waals surface area contributed by atoms with Gasteiger partial charge < -0.3 is 9.72 Å². The van der Waals surface area contributed by atoms with Crippen LogP contribution in [-0.4, -0.2) is 23.8 Å². The molecule has 4 heteroatoms. The Morgan fingerprint density at radius 2 is 1.67 bits per heavy atom. The average Bonchev–Trinajstić information content (AvgIpc) is 3.01. The largest absolute Gasteiger partial charge is 0.469 e. The number of methoxy groups -OCH3 is 1. The van der Waals surface area contributed by atoms with Crippen LogP contribution in [0.4, 0.5) is 0 Å². The van der Waals surface area contributed by atoms with Crippen molar-refractivity contribution in [3.8, 4) is 0 Å². The monoisotopic (exact) mass is 329 g/mol. The number of H-pyrrole nitrogens is 1. The fourth-order valence-electron chi connectivity index (χ4n) is 2.99. The normalized spacial score (nSPS) is 10.9. The van der Waals surface area contributed by atoms with Gasteiger partial charge in [-0.25, -0.2) is 0 Å². The van der Waals surface area contributed by atoms with Gasteiger partial charge in [0.1, 0.15) is 5.78 Å². The molecule has 0 saturated carbocycles. The SMILES string of the molecule is COC(=O)CCCCCCC(=O)CCCc1c[nH]c2ccccc12. The van der Waals surface area contributed by atoms with E-state index in [1.807, 2.05) is 12.1 Å². The van der Waals surface area contributed by atoms with Crippen LogP contribution in [0.1, 0.15) is 56.9 Å². The molecule has 0 unspecified atom stereocenters. The number of aromatic nitrogens is 1. The van der Waals surface area contributed by atoms with Crippen LogP contribution in [0.3, 0.4) is 0 Å². The van der Waals surface area contributed by atoms with E-state index < -0.39 is 0 Å². The Hall–Kier alpha value is -2.10. The summed E-state index contributed by atoms with van der Waals surface area (Å²) in [4.78, 5) is 26.2. The fraction of sp³-hybridized carbons (Fsp3) is 0.500. The number of Topliss-reactive ketones (excluding diaryl/α,β-unsaturated/α-hetero) is 1. The molecule has 0 aliphatic rings. The molecule has 1 aromatic heterocycles. The number of hydrogen-bond donors (Lipinski definition) is 1. The van der Waals surface area contributed by atoms with Crippen LogP contribution in [0.25, 0.3) is 10.9 Å². The first kappa shape index (κ1) is 18.2. The topological polar surface area (TPSA) is 59.2 Å². The lowest BCUT2D eigenvalue weighted by Crippen LogP contribution is -2.00. The van der Waals surface area contributed by atoms with Crippen molar-refractivity contribution in [1.29, 1.82) is 0 Å². The summed E-state index contributed by atoms with van der Waals surface area (Å²) in [7, 11) is 1.41. The minimum absolute atomic E-state index is 0.150. The standard InChI is InChI=1S/C20H27NO3/c1-24-20(23)14-5-3-2-4-10-17(22)11-8-9-16-15-21-19-13-7-6-12-18(16)19/h6-7,12-13,15,21H,2-5,8-11,14H2,1H3. The first-order chi connectivity index (χ1) is 11.7. The van der Waals surface area contributed by atoms with Gasteiger partial charge in [-0.1, -0.05) is 31.0 Å². The zero-order chi connectivity index (χ0) is 17.2. The third-order valence-corrected chi connectivity index (χ3v) is 4.39. The lowest BCUT2D eigenvalue weighted by molar-refractivity contribution is -0.140. The van der Waals surface area contributed by atoms with Gasteiger partial charge in [-0.05, 0) is 37.3 Å². The lowest BCUT2D eigenvalue weighted by Gasteiger charge is -2.02. The predicted molar refractivity (Wildman–Crippen MR) is 96.0 cm³/mol. The summed E-state index contributed by atoms with van der Waals surface area (Å²) in [6, 6.07) is 8.27. The van der Waals surface area contributed by atoms with Crippen molar-refractivity contribution in [2.45, 2.75) is 57.8 Å². The van der Waals surface area contributed by atoms with Crippen LogP contribution in [0, 0.1) is 0 Å². The molecule has 4 nitrogen and oxygen atoms in total. The van der Waals surface area contributed by atoms with E-state index in [1.54, 1.807) is 0 Å². The molecule has 2 rings (SSSR count). The van der Waals surface area contributed by atoms with Crippen molar-refractivity contribution < 1.29 is 14.3 Å². The van der Waals surface area contributed by atoms with Crippen LogP contribution in [-0.2, 0) is 20.7 Å². The molecule has 2 aromatic rings. The Morgan fingerprint density at radius 1 is 0.958 bits per heavy atom. The molecule has 0 radical (unpaired) electrons. The summed E-state index contributed by atoms with van der Waals surface area (Å²) in [5, 5.41) is 1.26. The molecule has 0 spiro atoms. The van der Waals surface area contributed by atoms with Gasteiger partial charge in [0.2, 0.25) is 0 Å². The van der Waals surface area contributed by atoms with E-state index in [4.69, 9.17) is 0 Å². The molecule has 130 valence electrons. The van der Waals surface area contributed by atoms with Gasteiger partial charge in [0.25, 0.3) is 0 Å². The number of nitrogens with one attached hydrogen (secondary N) is 1. The molecule has 0 aliphatic carbocycles. The quantitative estimate of drug-likeness (QED) is 0.485. The maximum atomic E-state index is 11.9. The van der Waals surface area contributed by atoms with E-state index in [1.165, 1.54) is 18.1 Å². The van der Waals surface area contributed by atoms with E-state index in [0.29, 0.717) is 25.0 Å². The Labute approximate surface area is 143 Å². The van der Waals surface area contributed by atoms with Crippen molar-refractivity contribution in [2.24, 2.45) is 0 Å². The highest BCUT2D eigenvalue weighted by Gasteiger charge is 2.06. The zero-order valence-corrected chi connectivity index (χ0v) is 14.5. The number of carbonyl (C=O) groups excluding carboxylic acids is 2. The highest BCUT2D eigenvalue weighted by atomic mass is 16.5. The first-order valence-corrected chi connectivity index (χ1v) is 8.84. The van der Waals surface area contributed by atoms with Crippen molar-refractivity contribution in [2.75, 3.05) is 7.11 Å². The summed E-state index contributed by atoms with van der Waals surface area (Å²) >= 11 is 0. The Kier molecular flexibility index (Phi) is 7.53. The molecule has 1 aromatic carbocycles. The van der Waals surface area contributed by atoms with Crippen molar-refractivity contribution >= 4 is 22.7 Å². The number of ether oxygens (including phenoxy) is 1. The molecule has 0 fully saturated rings. The Balaban J connectivity index is 1.56. The number of carbonyl (C=O) groups is 2. The molecule has 0 atom stereocenters. The molecule has 1 heterocycles. The smallest absolute Gasteiger partial charge is 0.305 e. The van der Waals surface area contributed by atoms with Crippen molar-refractivity contribution in [1.82, 2.24) is 4.98 Å². The second-order valence-electron chi connectivity index (χ2n) is 6.24. The lowest BCUT2D eigenvalue weighted by atomic mass is 10.0. The van der Waals surface area contributed by atoms with Gasteiger partial charge in [0.05, 0.1) is 7.11 Å². The number of fused-ring (bicyclic) bond motifs is 1. The summed E-state index contributed by atoms with van der Waals surface area (Å²) in [6.45, 7) is 0. The maximum absolute atomic E-state index is 11.9. The third kappa shape index (κ3) is 5.84. The number of para-hydroxylation sites is 1. The Bertz CT molecular complexity index is 660. The van der Waals surface area contributed by atoms with E-state index in [9.17, 15) is 9.59 Å². The van der Waals surface area contributed by atoms with Gasteiger partial charge in [-0.15, -0.1) is 0 Å². The van der Waals surface area contributed by atoms with Gasteiger partial charge in [0, 0.05) is 36.4 Å². The molecular formula is C20H27NO3. The number of hydrogen-bond acceptors (Lipinski definition) is 3. The van der Waals surface area contributed by atoms with Crippen molar-refractivity contribution in [3.63, 3.8) is 0 Å². The minimum Gasteiger partial charge on any atom is -0.469 e. The number of unbranched alkanes of at least 4 members (excludes halogenated alkanes) is 3. The summed E-state index contributed by atoms with van der Waals surface area (Å²) in [5.74, 6) is 0.200. The van der Waals surface area contributed by atoms with Gasteiger partial charge in [-0.3, -0.25) is 9.59 Å². The van der Waals surface area contributed by atoms with Gasteiger partial charge in [0.15, 0.2) is 0 Å². The predicted octanol–water partition coefficient (Wildman–Crippen LogP) is 4.57. The van der Waals surface area contributed by atoms with E-state index in [2.05, 4.69) is 28.1 Å². The third-order valence-electron chi connectivity index (χ3n) is 4.39. The zero-order valence-electron chi connectivity index (χ0n) is 14.5. The second kappa shape index (κ2) is 9.91. The fourth-order valence-corrected chi connectivity index (χ4v) is 2.99. The number of ketones is 1. The number of esters is 1. The van der Waals surface area contributed by atoms with Gasteiger partial charge >= 0.3 is 5.97 Å². The number of benzene rings is 1. The minimum atomic E-state index is -0.150. The van der Waals surface area contributed by atoms with Crippen LogP contribution < -0.4 is 0 Å². The Morgan fingerprint density at radius 3 is 2.46 bits per heavy atom. The number of aromatic amines is 1. The molecular weight excluding hydrogens is 302 g/mol. The highest BCUT2D eigenvalue weighted by molar-refractivity contribution is 5.83. The molecule has 24 heavy (non-hydrogen) atoms. The average molecular weight is 329 g/mol. The molecule has 0 saturated heterocycles. The molecule has 0 amide bonds. The maximum Gasteiger partial charge on any atom is 0.305 e. The summed E-state index contributed by atoms with van der Waals surface area (Å²) in [6.07, 6.45) is 9.45. The molecule has 0 aliphatic heterocycles. The van der Waals surface area contributed by atoms with Gasteiger partial charge in [-0.2, -0.15) is 0 Å². The number of aryl methyl sites for hydroxylation is 1. The summed E-state index contributed by atoms with van der Waals surface area (Å²) in [5.41, 5.74) is 2.45. The van der Waals surface area contributed by atoms with Crippen LogP contribution in [0.5, 0.6) is 0 Å². The van der Waals surface area contributed by atoms with Crippen LogP contribution in [0.2, 0.25) is 0 Å². The first-order valence-electron chi connectivity index (χ1n) is 8.84. The second-order valence-corrected chi connectivity index (χ2v) is 6.24. The molecule has 1 N–H and O–H groups in total. The summed E-state index contributed by atoms with van der Waals surface area (Å²) < 4.78 is 4.60. The van der Waals surface area contributed by atoms with Crippen LogP contribution >= 0.6 is 0 Å². The highest BCUT2D eigenvalue weighted by Crippen LogP contribution is 2.19. The van der Waals surface area contributed by atoms with E-state index in [-0.39, 0.29) is 5.97 Å².